The zero-order chi connectivity index (χ0) is 17.3. The van der Waals surface area contributed by atoms with Crippen LogP contribution in [0.15, 0.2) is 38.3 Å². The SMILES string of the molecule is CCc1nnc(-c2csc(S(=O)(=O)Nc3ccc(F)c(Cl)c3)c2)o1. The molecule has 2 heterocycles. The lowest BCUT2D eigenvalue weighted by molar-refractivity contribution is 0.513. The van der Waals surface area contributed by atoms with E-state index < -0.39 is 15.8 Å². The predicted octanol–water partition coefficient (Wildman–Crippen LogP) is 3.95. The highest BCUT2D eigenvalue weighted by Gasteiger charge is 2.20. The van der Waals surface area contributed by atoms with Gasteiger partial charge in [0.15, 0.2) is 0 Å². The van der Waals surface area contributed by atoms with Crippen LogP contribution in [0, 0.1) is 5.82 Å². The van der Waals surface area contributed by atoms with E-state index in [1.165, 1.54) is 18.2 Å². The second-order valence-corrected chi connectivity index (χ2v) is 7.97. The molecule has 0 radical (unpaired) electrons. The van der Waals surface area contributed by atoms with Gasteiger partial charge < -0.3 is 4.42 Å². The molecule has 2 aromatic heterocycles. The largest absolute Gasteiger partial charge is 0.421 e. The highest BCUT2D eigenvalue weighted by molar-refractivity contribution is 7.94. The summed E-state index contributed by atoms with van der Waals surface area (Å²) in [6.45, 7) is 1.87. The van der Waals surface area contributed by atoms with Crippen LogP contribution in [-0.4, -0.2) is 18.6 Å². The van der Waals surface area contributed by atoms with E-state index in [2.05, 4.69) is 14.9 Å². The molecule has 6 nitrogen and oxygen atoms in total. The van der Waals surface area contributed by atoms with Crippen LogP contribution in [0.3, 0.4) is 0 Å². The van der Waals surface area contributed by atoms with E-state index in [0.29, 0.717) is 17.9 Å². The Balaban J connectivity index is 1.86. The molecule has 24 heavy (non-hydrogen) atoms. The molecule has 10 heteroatoms. The van der Waals surface area contributed by atoms with Crippen LogP contribution in [0.1, 0.15) is 12.8 Å². The third kappa shape index (κ3) is 3.42. The summed E-state index contributed by atoms with van der Waals surface area (Å²) in [4.78, 5) is 0. The van der Waals surface area contributed by atoms with Crippen molar-refractivity contribution in [2.45, 2.75) is 17.6 Å². The summed E-state index contributed by atoms with van der Waals surface area (Å²) in [7, 11) is -3.83. The van der Waals surface area contributed by atoms with Gasteiger partial charge >= 0.3 is 0 Å². The van der Waals surface area contributed by atoms with Crippen LogP contribution in [-0.2, 0) is 16.4 Å². The molecule has 0 unspecified atom stereocenters. The topological polar surface area (TPSA) is 85.1 Å². The van der Waals surface area contributed by atoms with Crippen LogP contribution in [0.5, 0.6) is 0 Å². The number of aromatic nitrogens is 2. The molecular weight excluding hydrogens is 377 g/mol. The molecule has 0 bridgehead atoms. The Morgan fingerprint density at radius 3 is 2.79 bits per heavy atom. The van der Waals surface area contributed by atoms with Crippen molar-refractivity contribution in [2.75, 3.05) is 4.72 Å². The first-order valence-electron chi connectivity index (χ1n) is 6.78. The molecule has 1 aromatic carbocycles. The van der Waals surface area contributed by atoms with Crippen molar-refractivity contribution in [3.05, 3.63) is 46.4 Å². The van der Waals surface area contributed by atoms with E-state index in [1.54, 1.807) is 5.38 Å². The van der Waals surface area contributed by atoms with Gasteiger partial charge in [-0.15, -0.1) is 21.5 Å². The number of nitrogens with zero attached hydrogens (tertiary/aromatic N) is 2. The fourth-order valence-electron chi connectivity index (χ4n) is 1.85. The van der Waals surface area contributed by atoms with E-state index in [1.807, 2.05) is 6.92 Å². The summed E-state index contributed by atoms with van der Waals surface area (Å²) < 4.78 is 45.8. The number of sulfonamides is 1. The number of thiophene rings is 1. The van der Waals surface area contributed by atoms with Gasteiger partial charge in [0.25, 0.3) is 10.0 Å². The van der Waals surface area contributed by atoms with Crippen molar-refractivity contribution < 1.29 is 17.2 Å². The molecule has 0 spiro atoms. The maximum Gasteiger partial charge on any atom is 0.271 e. The normalized spacial score (nSPS) is 11.6. The zero-order valence-corrected chi connectivity index (χ0v) is 14.7. The Kier molecular flexibility index (Phi) is 4.57. The van der Waals surface area contributed by atoms with E-state index >= 15 is 0 Å². The number of anilines is 1. The summed E-state index contributed by atoms with van der Waals surface area (Å²) in [6, 6.07) is 5.02. The first kappa shape index (κ1) is 16.9. The summed E-state index contributed by atoms with van der Waals surface area (Å²) in [5.74, 6) is 0.107. The van der Waals surface area contributed by atoms with Crippen LogP contribution in [0.25, 0.3) is 11.5 Å². The maximum absolute atomic E-state index is 13.1. The molecule has 0 aliphatic carbocycles. The van der Waals surface area contributed by atoms with Crippen LogP contribution in [0.4, 0.5) is 10.1 Å². The Morgan fingerprint density at radius 2 is 2.12 bits per heavy atom. The lowest BCUT2D eigenvalue weighted by Crippen LogP contribution is -2.11. The number of nitrogens with one attached hydrogen (secondary N) is 1. The highest BCUT2D eigenvalue weighted by Crippen LogP contribution is 2.29. The van der Waals surface area contributed by atoms with Crippen molar-refractivity contribution in [2.24, 2.45) is 0 Å². The highest BCUT2D eigenvalue weighted by atomic mass is 35.5. The van der Waals surface area contributed by atoms with Crippen molar-refractivity contribution in [3.63, 3.8) is 0 Å². The molecule has 1 N–H and O–H groups in total. The van der Waals surface area contributed by atoms with Crippen LogP contribution in [0.2, 0.25) is 5.02 Å². The Bertz CT molecular complexity index is 985. The first-order valence-corrected chi connectivity index (χ1v) is 9.52. The number of benzene rings is 1. The van der Waals surface area contributed by atoms with Gasteiger partial charge in [-0.1, -0.05) is 18.5 Å². The number of halogens is 2. The molecule has 0 amide bonds. The molecule has 0 saturated carbocycles. The fraction of sp³-hybridized carbons (Fsp3) is 0.143. The van der Waals surface area contributed by atoms with E-state index in [-0.39, 0.29) is 20.8 Å². The van der Waals surface area contributed by atoms with Gasteiger partial charge in [-0.25, -0.2) is 12.8 Å². The number of rotatable bonds is 5. The lowest BCUT2D eigenvalue weighted by atomic mass is 10.3. The summed E-state index contributed by atoms with van der Waals surface area (Å²) >= 11 is 6.66. The molecule has 0 fully saturated rings. The van der Waals surface area contributed by atoms with E-state index in [9.17, 15) is 12.8 Å². The quantitative estimate of drug-likeness (QED) is 0.716. The average Bonchev–Trinajstić information content (AvgIpc) is 3.19. The fourth-order valence-corrected chi connectivity index (χ4v) is 4.23. The lowest BCUT2D eigenvalue weighted by Gasteiger charge is -2.06. The molecule has 3 aromatic rings. The van der Waals surface area contributed by atoms with Gasteiger partial charge in [0.1, 0.15) is 10.0 Å². The molecule has 0 atom stereocenters. The van der Waals surface area contributed by atoms with Gasteiger partial charge in [-0.2, -0.15) is 0 Å². The molecule has 126 valence electrons. The maximum atomic E-state index is 13.1. The van der Waals surface area contributed by atoms with Gasteiger partial charge in [0.05, 0.1) is 16.3 Å². The number of hydrogen-bond acceptors (Lipinski definition) is 6. The number of hydrogen-bond donors (Lipinski definition) is 1. The summed E-state index contributed by atoms with van der Waals surface area (Å²) in [5, 5.41) is 9.16. The molecule has 3 rings (SSSR count). The van der Waals surface area contributed by atoms with Gasteiger partial charge in [0, 0.05) is 11.8 Å². The Labute approximate surface area is 146 Å². The van der Waals surface area contributed by atoms with E-state index in [4.69, 9.17) is 16.0 Å². The molecule has 0 aliphatic heterocycles. The van der Waals surface area contributed by atoms with Gasteiger partial charge in [-0.05, 0) is 24.3 Å². The third-order valence-corrected chi connectivity index (χ3v) is 6.14. The second-order valence-electron chi connectivity index (χ2n) is 4.74. The number of aryl methyl sites for hydroxylation is 1. The molecular formula is C14H11ClFN3O3S2. The predicted molar refractivity (Wildman–Crippen MR) is 89.2 cm³/mol. The minimum Gasteiger partial charge on any atom is -0.421 e. The standard InChI is InChI=1S/C14H11ClFN3O3S2/c1-2-12-17-18-14(22-12)8-5-13(23-7-8)24(20,21)19-9-3-4-11(16)10(15)6-9/h3-7,19H,2H2,1H3. The van der Waals surface area contributed by atoms with Crippen LogP contribution < -0.4 is 4.72 Å². The Hall–Kier alpha value is -1.97. The second kappa shape index (κ2) is 6.50. The first-order chi connectivity index (χ1) is 11.4. The molecule has 0 aliphatic rings. The van der Waals surface area contributed by atoms with Crippen molar-refractivity contribution in [3.8, 4) is 11.5 Å². The van der Waals surface area contributed by atoms with Crippen molar-refractivity contribution >= 4 is 38.6 Å². The smallest absolute Gasteiger partial charge is 0.271 e. The van der Waals surface area contributed by atoms with E-state index in [0.717, 1.165) is 17.4 Å². The minimum absolute atomic E-state index is 0.0641. The van der Waals surface area contributed by atoms with Crippen LogP contribution >= 0.6 is 22.9 Å². The average molecular weight is 388 g/mol. The molecule has 0 saturated heterocycles. The third-order valence-electron chi connectivity index (χ3n) is 3.03. The summed E-state index contributed by atoms with van der Waals surface area (Å²) in [6.07, 6.45) is 0.592. The Morgan fingerprint density at radius 1 is 1.33 bits per heavy atom. The minimum atomic E-state index is -3.83. The zero-order valence-electron chi connectivity index (χ0n) is 12.3. The summed E-state index contributed by atoms with van der Waals surface area (Å²) in [5.41, 5.74) is 0.687. The van der Waals surface area contributed by atoms with Crippen molar-refractivity contribution in [1.82, 2.24) is 10.2 Å². The van der Waals surface area contributed by atoms with Crippen molar-refractivity contribution in [1.29, 1.82) is 0 Å². The monoisotopic (exact) mass is 387 g/mol. The van der Waals surface area contributed by atoms with Gasteiger partial charge in [0.2, 0.25) is 11.8 Å². The van der Waals surface area contributed by atoms with Gasteiger partial charge in [-0.3, -0.25) is 4.72 Å².